The summed E-state index contributed by atoms with van der Waals surface area (Å²) in [5.41, 5.74) is 6.67. The van der Waals surface area contributed by atoms with Crippen LogP contribution in [0.1, 0.15) is 12.7 Å². The smallest absolute Gasteiger partial charge is 0.229 e. The highest BCUT2D eigenvalue weighted by Crippen LogP contribution is 2.26. The maximum Gasteiger partial charge on any atom is 0.229 e. The van der Waals surface area contributed by atoms with Crippen LogP contribution in [0.3, 0.4) is 0 Å². The van der Waals surface area contributed by atoms with Crippen LogP contribution in [0.5, 0.6) is 0 Å². The minimum atomic E-state index is 0.210. The van der Waals surface area contributed by atoms with Gasteiger partial charge in [0.15, 0.2) is 5.16 Å². The summed E-state index contributed by atoms with van der Waals surface area (Å²) in [5.74, 6) is 2.69. The maximum absolute atomic E-state index is 5.76. The number of nitrogens with two attached hydrogens (primary N) is 1. The molecule has 3 N–H and O–H groups in total. The molecule has 0 unspecified atom stereocenters. The molecule has 0 saturated carbocycles. The third-order valence-electron chi connectivity index (χ3n) is 3.34. The molecule has 0 aliphatic heterocycles. The van der Waals surface area contributed by atoms with Crippen molar-refractivity contribution in [2.24, 2.45) is 0 Å². The van der Waals surface area contributed by atoms with Gasteiger partial charge in [0.05, 0.1) is 11.3 Å². The van der Waals surface area contributed by atoms with Crippen LogP contribution in [0.15, 0.2) is 29.4 Å². The molecule has 0 aliphatic carbocycles. The van der Waals surface area contributed by atoms with Crippen LogP contribution in [-0.4, -0.2) is 45.6 Å². The second-order valence-corrected chi connectivity index (χ2v) is 6.44. The normalized spacial score (nSPS) is 10.8. The van der Waals surface area contributed by atoms with Gasteiger partial charge in [-0.2, -0.15) is 15.0 Å². The molecule has 8 nitrogen and oxygen atoms in total. The molecule has 3 rings (SSSR count). The van der Waals surface area contributed by atoms with Crippen LogP contribution in [0.4, 0.5) is 17.7 Å². The van der Waals surface area contributed by atoms with Gasteiger partial charge in [-0.25, -0.2) is 9.97 Å². The van der Waals surface area contributed by atoms with Gasteiger partial charge in [-0.15, -0.1) is 0 Å². The molecule has 1 aromatic carbocycles. The van der Waals surface area contributed by atoms with Gasteiger partial charge in [-0.3, -0.25) is 0 Å². The van der Waals surface area contributed by atoms with Crippen molar-refractivity contribution in [1.82, 2.24) is 24.9 Å². The van der Waals surface area contributed by atoms with Crippen molar-refractivity contribution in [3.63, 3.8) is 0 Å². The Morgan fingerprint density at radius 2 is 1.88 bits per heavy atom. The Hall–Kier alpha value is -2.68. The summed E-state index contributed by atoms with van der Waals surface area (Å²) in [6.45, 7) is 2.83. The number of hydrogen-bond acceptors (Lipinski definition) is 9. The average Bonchev–Trinajstić information content (AvgIpc) is 2.60. The van der Waals surface area contributed by atoms with E-state index in [-0.39, 0.29) is 5.95 Å². The monoisotopic (exact) mass is 356 g/mol. The van der Waals surface area contributed by atoms with Gasteiger partial charge in [0.25, 0.3) is 0 Å². The maximum atomic E-state index is 5.76. The van der Waals surface area contributed by atoms with E-state index in [1.807, 2.05) is 45.3 Å². The zero-order valence-corrected chi connectivity index (χ0v) is 15.2. The summed E-state index contributed by atoms with van der Waals surface area (Å²) in [6.07, 6.45) is 0. The molecule has 0 saturated heterocycles. The fraction of sp³-hybridized carbons (Fsp3) is 0.312. The van der Waals surface area contributed by atoms with Crippen molar-refractivity contribution in [1.29, 1.82) is 0 Å². The number of nitrogens with one attached hydrogen (secondary N) is 1. The molecular formula is C16H20N8S. The van der Waals surface area contributed by atoms with Crippen LogP contribution < -0.4 is 16.0 Å². The largest absolute Gasteiger partial charge is 0.370 e. The van der Waals surface area contributed by atoms with Gasteiger partial charge < -0.3 is 16.0 Å². The lowest BCUT2D eigenvalue weighted by molar-refractivity contribution is 0.915. The van der Waals surface area contributed by atoms with Crippen molar-refractivity contribution in [3.05, 3.63) is 30.1 Å². The van der Waals surface area contributed by atoms with Crippen LogP contribution >= 0.6 is 11.8 Å². The predicted molar refractivity (Wildman–Crippen MR) is 102 cm³/mol. The molecule has 0 atom stereocenters. The summed E-state index contributed by atoms with van der Waals surface area (Å²) >= 11 is 1.47. The van der Waals surface area contributed by atoms with Gasteiger partial charge in [0, 0.05) is 26.0 Å². The number of benzene rings is 1. The highest BCUT2D eigenvalue weighted by atomic mass is 32.2. The number of thioether (sulfide) groups is 1. The summed E-state index contributed by atoms with van der Waals surface area (Å²) in [4.78, 5) is 23.7. The third-order valence-corrected chi connectivity index (χ3v) is 4.19. The first-order valence-corrected chi connectivity index (χ1v) is 8.86. The molecule has 0 aliphatic rings. The zero-order valence-electron chi connectivity index (χ0n) is 14.4. The molecule has 9 heteroatoms. The Morgan fingerprint density at radius 1 is 1.08 bits per heavy atom. The van der Waals surface area contributed by atoms with Crippen molar-refractivity contribution in [2.75, 3.05) is 36.6 Å². The summed E-state index contributed by atoms with van der Waals surface area (Å²) in [6, 6.07) is 7.94. The SMILES string of the molecule is CCNc1nc(SCc2nc(N)nc(N(C)C)n2)nc2ccccc12. The molecule has 3 aromatic rings. The first kappa shape index (κ1) is 17.2. The Kier molecular flexibility index (Phi) is 5.13. The quantitative estimate of drug-likeness (QED) is 0.507. The van der Waals surface area contributed by atoms with E-state index in [2.05, 4.69) is 30.2 Å². The molecule has 0 amide bonds. The fourth-order valence-electron chi connectivity index (χ4n) is 2.24. The van der Waals surface area contributed by atoms with E-state index in [9.17, 15) is 0 Å². The predicted octanol–water partition coefficient (Wildman–Crippen LogP) is 2.19. The van der Waals surface area contributed by atoms with Crippen molar-refractivity contribution < 1.29 is 0 Å². The molecule has 25 heavy (non-hydrogen) atoms. The van der Waals surface area contributed by atoms with Crippen LogP contribution in [0.2, 0.25) is 0 Å². The minimum absolute atomic E-state index is 0.210. The van der Waals surface area contributed by atoms with E-state index in [1.54, 1.807) is 4.90 Å². The second-order valence-electron chi connectivity index (χ2n) is 5.50. The number of nitrogen functional groups attached to an aromatic ring is 1. The topological polar surface area (TPSA) is 106 Å². The lowest BCUT2D eigenvalue weighted by Gasteiger charge is -2.11. The van der Waals surface area contributed by atoms with E-state index in [1.165, 1.54) is 11.8 Å². The molecule has 2 aromatic heterocycles. The Bertz CT molecular complexity index is 883. The lowest BCUT2D eigenvalue weighted by Crippen LogP contribution is -2.16. The van der Waals surface area contributed by atoms with Crippen molar-refractivity contribution in [3.8, 4) is 0 Å². The van der Waals surface area contributed by atoms with E-state index in [0.29, 0.717) is 22.7 Å². The molecule has 0 bridgehead atoms. The van der Waals surface area contributed by atoms with E-state index < -0.39 is 0 Å². The second kappa shape index (κ2) is 7.47. The number of para-hydroxylation sites is 1. The van der Waals surface area contributed by atoms with E-state index in [4.69, 9.17) is 5.73 Å². The summed E-state index contributed by atoms with van der Waals surface area (Å²) in [5, 5.41) is 4.96. The summed E-state index contributed by atoms with van der Waals surface area (Å²) < 4.78 is 0. The Morgan fingerprint density at radius 3 is 2.64 bits per heavy atom. The lowest BCUT2D eigenvalue weighted by atomic mass is 10.2. The standard InChI is InChI=1S/C16H20N8S/c1-4-18-13-10-7-5-6-8-11(10)19-16(22-13)25-9-12-20-14(17)23-15(21-12)24(2)3/h5-8H,4,9H2,1-3H3,(H,18,19,22)(H2,17,20,21,23). The number of fused-ring (bicyclic) bond motifs is 1. The van der Waals surface area contributed by atoms with Gasteiger partial charge >= 0.3 is 0 Å². The van der Waals surface area contributed by atoms with Crippen molar-refractivity contribution >= 4 is 40.4 Å². The van der Waals surface area contributed by atoms with Crippen LogP contribution in [-0.2, 0) is 5.75 Å². The third kappa shape index (κ3) is 4.05. The van der Waals surface area contributed by atoms with Gasteiger partial charge in [-0.1, -0.05) is 23.9 Å². The highest BCUT2D eigenvalue weighted by Gasteiger charge is 2.10. The van der Waals surface area contributed by atoms with Gasteiger partial charge in [-0.05, 0) is 19.1 Å². The van der Waals surface area contributed by atoms with Gasteiger partial charge in [0.2, 0.25) is 11.9 Å². The number of nitrogens with zero attached hydrogens (tertiary/aromatic N) is 6. The van der Waals surface area contributed by atoms with Gasteiger partial charge in [0.1, 0.15) is 11.6 Å². The summed E-state index contributed by atoms with van der Waals surface area (Å²) in [7, 11) is 3.72. The minimum Gasteiger partial charge on any atom is -0.370 e. The van der Waals surface area contributed by atoms with Crippen molar-refractivity contribution in [2.45, 2.75) is 17.8 Å². The molecule has 130 valence electrons. The molecule has 0 radical (unpaired) electrons. The number of hydrogen-bond donors (Lipinski definition) is 2. The zero-order chi connectivity index (χ0) is 17.8. The fourth-order valence-corrected chi connectivity index (χ4v) is 2.95. The Labute approximate surface area is 150 Å². The molecule has 2 heterocycles. The van der Waals surface area contributed by atoms with Crippen LogP contribution in [0.25, 0.3) is 10.9 Å². The number of aromatic nitrogens is 5. The molecular weight excluding hydrogens is 336 g/mol. The highest BCUT2D eigenvalue weighted by molar-refractivity contribution is 7.98. The molecule has 0 spiro atoms. The van der Waals surface area contributed by atoms with Crippen LogP contribution in [0, 0.1) is 0 Å². The average molecular weight is 356 g/mol. The van der Waals surface area contributed by atoms with E-state index >= 15 is 0 Å². The van der Waals surface area contributed by atoms with E-state index in [0.717, 1.165) is 23.3 Å². The first-order valence-electron chi connectivity index (χ1n) is 7.88. The first-order chi connectivity index (χ1) is 12.1. The molecule has 0 fully saturated rings. The number of rotatable bonds is 6. The Balaban J connectivity index is 1.86. The number of anilines is 3.